The number of benzene rings is 1. The summed E-state index contributed by atoms with van der Waals surface area (Å²) in [6.45, 7) is 0. The van der Waals surface area contributed by atoms with Crippen LogP contribution in [0.15, 0.2) is 36.5 Å². The maximum atomic E-state index is 11.9. The van der Waals surface area contributed by atoms with Crippen LogP contribution < -0.4 is 5.32 Å². The molecule has 3 nitrogen and oxygen atoms in total. The molecule has 0 aliphatic heterocycles. The molecule has 0 spiro atoms. The van der Waals surface area contributed by atoms with Crippen molar-refractivity contribution in [1.82, 2.24) is 4.98 Å². The smallest absolute Gasteiger partial charge is 0.324 e. The summed E-state index contributed by atoms with van der Waals surface area (Å²) in [6, 6.07) is 9.73. The SMILES string of the molecule is O=C(Nc1cnc2ccccc2c1)[C]1[CH][CH][CH][CH]1.[CH]1[CH][CH][CH][CH]1.[Fe+2]. The number of anilines is 1. The van der Waals surface area contributed by atoms with Crippen LogP contribution in [0.3, 0.4) is 0 Å². The van der Waals surface area contributed by atoms with Gasteiger partial charge >= 0.3 is 17.1 Å². The normalized spacial score (nSPS) is 17.0. The predicted molar refractivity (Wildman–Crippen MR) is 92.3 cm³/mol. The molecule has 2 saturated carbocycles. The molecule has 2 aliphatic rings. The first kappa shape index (κ1) is 19.0. The third-order valence-electron chi connectivity index (χ3n) is 3.33. The Kier molecular flexibility index (Phi) is 7.74. The van der Waals surface area contributed by atoms with E-state index in [0.29, 0.717) is 11.6 Å². The third-order valence-corrected chi connectivity index (χ3v) is 3.33. The van der Waals surface area contributed by atoms with Crippen molar-refractivity contribution in [1.29, 1.82) is 0 Å². The van der Waals surface area contributed by atoms with Crippen LogP contribution in [-0.2, 0) is 21.9 Å². The van der Waals surface area contributed by atoms with E-state index in [9.17, 15) is 4.79 Å². The number of para-hydroxylation sites is 1. The van der Waals surface area contributed by atoms with Crippen molar-refractivity contribution in [2.24, 2.45) is 0 Å². The zero-order valence-electron chi connectivity index (χ0n) is 12.9. The number of carbonyl (C=O) groups excluding carboxylic acids is 1. The number of nitrogens with one attached hydrogen (secondary N) is 1. The van der Waals surface area contributed by atoms with E-state index in [-0.39, 0.29) is 23.0 Å². The van der Waals surface area contributed by atoms with Crippen molar-refractivity contribution in [3.05, 3.63) is 100 Å². The first-order chi connectivity index (χ1) is 11.3. The minimum absolute atomic E-state index is 0. The van der Waals surface area contributed by atoms with Gasteiger partial charge in [-0.05, 0) is 69.9 Å². The average Bonchev–Trinajstić information content (AvgIpc) is 3.30. The number of amides is 1. The number of hydrogen-bond acceptors (Lipinski definition) is 2. The van der Waals surface area contributed by atoms with Crippen molar-refractivity contribution < 1.29 is 21.9 Å². The molecule has 1 aromatic heterocycles. The summed E-state index contributed by atoms with van der Waals surface area (Å²) < 4.78 is 0. The Balaban J connectivity index is 0.000000300. The monoisotopic (exact) mass is 356 g/mol. The maximum Gasteiger partial charge on any atom is 2.00 e. The number of fused-ring (bicyclic) bond motifs is 1. The number of carbonyl (C=O) groups is 1. The van der Waals surface area contributed by atoms with Gasteiger partial charge in [-0.1, -0.05) is 18.2 Å². The van der Waals surface area contributed by atoms with Crippen LogP contribution in [0.2, 0.25) is 0 Å². The number of aromatic nitrogens is 1. The second-order valence-corrected chi connectivity index (χ2v) is 5.01. The van der Waals surface area contributed by atoms with E-state index in [1.165, 1.54) is 0 Å². The predicted octanol–water partition coefficient (Wildman–Crippen LogP) is 3.60. The Labute approximate surface area is 155 Å². The van der Waals surface area contributed by atoms with Crippen molar-refractivity contribution in [2.75, 3.05) is 5.32 Å². The van der Waals surface area contributed by atoms with Crippen LogP contribution in [0.25, 0.3) is 10.9 Å². The van der Waals surface area contributed by atoms with Crippen LogP contribution in [0.1, 0.15) is 0 Å². The summed E-state index contributed by atoms with van der Waals surface area (Å²) in [5, 5.41) is 3.85. The summed E-state index contributed by atoms with van der Waals surface area (Å²) in [5.74, 6) is 0.542. The van der Waals surface area contributed by atoms with Crippen molar-refractivity contribution in [3.8, 4) is 0 Å². The summed E-state index contributed by atoms with van der Waals surface area (Å²) in [5.41, 5.74) is 1.63. The van der Waals surface area contributed by atoms with Gasteiger partial charge in [0, 0.05) is 5.39 Å². The van der Waals surface area contributed by atoms with E-state index >= 15 is 0 Å². The van der Waals surface area contributed by atoms with E-state index < -0.39 is 0 Å². The van der Waals surface area contributed by atoms with E-state index in [1.54, 1.807) is 19.0 Å². The molecule has 10 radical (unpaired) electrons. The molecule has 0 atom stereocenters. The Bertz CT molecular complexity index is 641. The van der Waals surface area contributed by atoms with Gasteiger partial charge in [-0.2, -0.15) is 0 Å². The fraction of sp³-hybridized carbons (Fsp3) is 0. The fourth-order valence-corrected chi connectivity index (χ4v) is 2.19. The molecule has 118 valence electrons. The maximum absolute atomic E-state index is 11.9. The summed E-state index contributed by atoms with van der Waals surface area (Å²) in [7, 11) is 0. The van der Waals surface area contributed by atoms with E-state index in [2.05, 4.69) is 10.3 Å². The summed E-state index contributed by atoms with van der Waals surface area (Å²) >= 11 is 0. The molecule has 4 rings (SSSR count). The molecule has 24 heavy (non-hydrogen) atoms. The van der Waals surface area contributed by atoms with Crippen LogP contribution in [0, 0.1) is 63.7 Å². The quantitative estimate of drug-likeness (QED) is 0.836. The molecule has 2 aliphatic carbocycles. The molecule has 1 N–H and O–H groups in total. The first-order valence-electron chi connectivity index (χ1n) is 7.37. The van der Waals surface area contributed by atoms with Crippen LogP contribution >= 0.6 is 0 Å². The zero-order chi connectivity index (χ0) is 15.9. The number of nitrogens with zero attached hydrogens (tertiary/aromatic N) is 1. The van der Waals surface area contributed by atoms with Crippen LogP contribution in [-0.4, -0.2) is 10.9 Å². The molecule has 0 bridgehead atoms. The zero-order valence-corrected chi connectivity index (χ0v) is 14.0. The average molecular weight is 356 g/mol. The van der Waals surface area contributed by atoms with Gasteiger partial charge in [-0.25, -0.2) is 0 Å². The second-order valence-electron chi connectivity index (χ2n) is 5.01. The van der Waals surface area contributed by atoms with Gasteiger partial charge in [0.1, 0.15) is 0 Å². The minimum Gasteiger partial charge on any atom is -0.324 e. The molecule has 4 heteroatoms. The Morgan fingerprint density at radius 2 is 1.50 bits per heavy atom. The molecule has 2 aromatic rings. The van der Waals surface area contributed by atoms with Gasteiger partial charge in [0.25, 0.3) is 0 Å². The second kappa shape index (κ2) is 9.80. The number of hydrogen-bond donors (Lipinski definition) is 1. The van der Waals surface area contributed by atoms with Crippen molar-refractivity contribution in [3.63, 3.8) is 0 Å². The van der Waals surface area contributed by atoms with Gasteiger partial charge in [0.15, 0.2) is 0 Å². The van der Waals surface area contributed by atoms with Crippen LogP contribution in [0.4, 0.5) is 5.69 Å². The molecule has 2 fully saturated rings. The number of rotatable bonds is 2. The Morgan fingerprint density at radius 1 is 0.875 bits per heavy atom. The van der Waals surface area contributed by atoms with Gasteiger partial charge in [-0.3, -0.25) is 9.78 Å². The van der Waals surface area contributed by atoms with Crippen LogP contribution in [0.5, 0.6) is 0 Å². The molecule has 1 amide bonds. The first-order valence-corrected chi connectivity index (χ1v) is 7.37. The number of pyridine rings is 1. The summed E-state index contributed by atoms with van der Waals surface area (Å²) in [4.78, 5) is 16.2. The van der Waals surface area contributed by atoms with Gasteiger partial charge in [-0.15, -0.1) is 0 Å². The minimum atomic E-state index is -0.114. The Hall–Kier alpha value is -1.38. The third kappa shape index (κ3) is 5.32. The molecule has 0 saturated heterocycles. The van der Waals surface area contributed by atoms with Gasteiger partial charge in [0.05, 0.1) is 23.3 Å². The Morgan fingerprint density at radius 3 is 2.17 bits per heavy atom. The van der Waals surface area contributed by atoms with Gasteiger partial charge in [0.2, 0.25) is 5.91 Å². The van der Waals surface area contributed by atoms with E-state index in [4.69, 9.17) is 0 Å². The molecular weight excluding hydrogens is 340 g/mol. The molecule has 1 heterocycles. The van der Waals surface area contributed by atoms with E-state index in [0.717, 1.165) is 10.9 Å². The topological polar surface area (TPSA) is 42.0 Å². The van der Waals surface area contributed by atoms with E-state index in [1.807, 2.05) is 75.3 Å². The van der Waals surface area contributed by atoms with Crippen molar-refractivity contribution in [2.45, 2.75) is 0 Å². The standard InChI is InChI=1S/C15H11N2O.C5H5.Fe/c18-15(11-5-1-2-6-11)17-13-9-12-7-3-4-8-14(12)16-10-13;1-2-4-5-3-1;/h1-10H,(H,17,18);1-5H;/q;;+2. The largest absolute Gasteiger partial charge is 2.00 e. The van der Waals surface area contributed by atoms with Gasteiger partial charge < -0.3 is 5.32 Å². The molecular formula is C20H16FeN2O+2. The summed E-state index contributed by atoms with van der Waals surface area (Å²) in [6.07, 6.45) is 18.9. The van der Waals surface area contributed by atoms with Crippen molar-refractivity contribution >= 4 is 22.5 Å². The fourth-order valence-electron chi connectivity index (χ4n) is 2.19. The molecule has 1 aromatic carbocycles. The molecule has 0 unspecified atom stereocenters.